The van der Waals surface area contributed by atoms with Gasteiger partial charge in [-0.1, -0.05) is 35.3 Å². The van der Waals surface area contributed by atoms with Gasteiger partial charge in [-0.3, -0.25) is 9.59 Å². The van der Waals surface area contributed by atoms with Crippen molar-refractivity contribution in [2.75, 3.05) is 24.6 Å². The number of amides is 1. The van der Waals surface area contributed by atoms with Gasteiger partial charge in [-0.15, -0.1) is 0 Å². The first-order valence-corrected chi connectivity index (χ1v) is 11.4. The summed E-state index contributed by atoms with van der Waals surface area (Å²) >= 11 is 12.3. The highest BCUT2D eigenvalue weighted by atomic mass is 35.5. The summed E-state index contributed by atoms with van der Waals surface area (Å²) in [5.74, 6) is -0.138. The Hall–Kier alpha value is -2.24. The summed E-state index contributed by atoms with van der Waals surface area (Å²) in [6, 6.07) is 15.8. The molecule has 1 saturated heterocycles. The van der Waals surface area contributed by atoms with E-state index in [9.17, 15) is 9.59 Å². The Bertz CT molecular complexity index is 929. The molecule has 7 heteroatoms. The van der Waals surface area contributed by atoms with Gasteiger partial charge in [0.05, 0.1) is 18.7 Å². The summed E-state index contributed by atoms with van der Waals surface area (Å²) in [7, 11) is 0. The van der Waals surface area contributed by atoms with E-state index in [-0.39, 0.29) is 31.0 Å². The van der Waals surface area contributed by atoms with Crippen molar-refractivity contribution in [3.63, 3.8) is 0 Å². The Balaban J connectivity index is 1.67. The van der Waals surface area contributed by atoms with Gasteiger partial charge in [0.1, 0.15) is 6.42 Å². The van der Waals surface area contributed by atoms with Crippen molar-refractivity contribution < 1.29 is 14.3 Å². The van der Waals surface area contributed by atoms with Crippen LogP contribution in [0.25, 0.3) is 0 Å². The fraction of sp³-hybridized carbons (Fsp3) is 0.417. The molecule has 1 heterocycles. The van der Waals surface area contributed by atoms with Crippen molar-refractivity contribution in [2.24, 2.45) is 5.92 Å². The molecule has 2 fully saturated rings. The number of hydrogen-bond acceptors (Lipinski definition) is 4. The fourth-order valence-electron chi connectivity index (χ4n) is 4.36. The van der Waals surface area contributed by atoms with Gasteiger partial charge in [0.25, 0.3) is 0 Å². The molecule has 1 saturated carbocycles. The van der Waals surface area contributed by atoms with E-state index in [1.54, 1.807) is 6.92 Å². The second-order valence-electron chi connectivity index (χ2n) is 8.14. The molecule has 2 aromatic rings. The maximum Gasteiger partial charge on any atom is 0.315 e. The number of esters is 1. The van der Waals surface area contributed by atoms with Crippen LogP contribution in [0.3, 0.4) is 0 Å². The fourth-order valence-corrected chi connectivity index (χ4v) is 4.61. The lowest BCUT2D eigenvalue weighted by Gasteiger charge is -2.49. The number of anilines is 1. The highest BCUT2D eigenvalue weighted by Crippen LogP contribution is 2.44. The zero-order valence-corrected chi connectivity index (χ0v) is 19.0. The molecule has 164 valence electrons. The van der Waals surface area contributed by atoms with Gasteiger partial charge < -0.3 is 14.5 Å². The van der Waals surface area contributed by atoms with Crippen LogP contribution in [0.15, 0.2) is 48.5 Å². The zero-order chi connectivity index (χ0) is 22.0. The molecular weight excluding hydrogens is 435 g/mol. The summed E-state index contributed by atoms with van der Waals surface area (Å²) in [5.41, 5.74) is 2.16. The van der Waals surface area contributed by atoms with E-state index in [0.717, 1.165) is 24.1 Å². The molecule has 2 aliphatic rings. The number of benzene rings is 2. The topological polar surface area (TPSA) is 49.9 Å². The van der Waals surface area contributed by atoms with E-state index >= 15 is 0 Å². The van der Waals surface area contributed by atoms with Gasteiger partial charge in [-0.2, -0.15) is 0 Å². The Labute approximate surface area is 192 Å². The number of ether oxygens (including phenoxy) is 1. The van der Waals surface area contributed by atoms with Crippen LogP contribution < -0.4 is 4.90 Å². The third-order valence-corrected chi connectivity index (χ3v) is 6.50. The minimum absolute atomic E-state index is 0.0519. The van der Waals surface area contributed by atoms with E-state index < -0.39 is 5.97 Å². The summed E-state index contributed by atoms with van der Waals surface area (Å²) in [4.78, 5) is 29.1. The molecule has 31 heavy (non-hydrogen) atoms. The van der Waals surface area contributed by atoms with Crippen molar-refractivity contribution >= 4 is 40.8 Å². The first kappa shape index (κ1) is 22.0. The number of hydrogen-bond donors (Lipinski definition) is 0. The second-order valence-corrected chi connectivity index (χ2v) is 9.01. The van der Waals surface area contributed by atoms with E-state index in [1.807, 2.05) is 53.4 Å². The first-order chi connectivity index (χ1) is 15.0. The lowest BCUT2D eigenvalue weighted by Crippen LogP contribution is -2.57. The Morgan fingerprint density at radius 3 is 2.16 bits per heavy atom. The van der Waals surface area contributed by atoms with E-state index in [2.05, 4.69) is 4.90 Å². The van der Waals surface area contributed by atoms with Gasteiger partial charge in [0.2, 0.25) is 5.91 Å². The Morgan fingerprint density at radius 1 is 0.968 bits per heavy atom. The molecule has 0 spiro atoms. The van der Waals surface area contributed by atoms with Crippen LogP contribution in [-0.2, 0) is 14.3 Å². The molecule has 4 rings (SSSR count). The summed E-state index contributed by atoms with van der Waals surface area (Å²) in [6.45, 7) is 3.10. The Kier molecular flexibility index (Phi) is 6.73. The SMILES string of the molecule is CCOC(=O)CC(=O)N1C[C@H](C2CC2)N(c2ccc(Cl)cc2)[C@H](c2ccc(Cl)cc2)C1. The predicted molar refractivity (Wildman–Crippen MR) is 122 cm³/mol. The molecule has 0 unspecified atom stereocenters. The maximum atomic E-state index is 13.0. The van der Waals surface area contributed by atoms with Crippen molar-refractivity contribution in [3.05, 3.63) is 64.1 Å². The molecule has 5 nitrogen and oxygen atoms in total. The molecule has 2 atom stereocenters. The number of carbonyl (C=O) groups is 2. The Morgan fingerprint density at radius 2 is 1.58 bits per heavy atom. The van der Waals surface area contributed by atoms with Crippen LogP contribution in [0.5, 0.6) is 0 Å². The molecule has 1 amide bonds. The number of carbonyl (C=O) groups excluding carboxylic acids is 2. The smallest absolute Gasteiger partial charge is 0.315 e. The molecule has 0 N–H and O–H groups in total. The van der Waals surface area contributed by atoms with Crippen LogP contribution in [-0.4, -0.2) is 42.5 Å². The van der Waals surface area contributed by atoms with Crippen LogP contribution in [0, 0.1) is 5.92 Å². The summed E-state index contributed by atoms with van der Waals surface area (Å²) in [6.07, 6.45) is 2.06. The molecule has 0 bridgehead atoms. The minimum Gasteiger partial charge on any atom is -0.466 e. The largest absolute Gasteiger partial charge is 0.466 e. The lowest BCUT2D eigenvalue weighted by molar-refractivity contribution is -0.149. The average molecular weight is 461 g/mol. The molecular formula is C24H26Cl2N2O3. The van der Waals surface area contributed by atoms with Gasteiger partial charge in [-0.25, -0.2) is 0 Å². The summed E-state index contributed by atoms with van der Waals surface area (Å²) in [5, 5.41) is 1.37. The quantitative estimate of drug-likeness (QED) is 0.443. The van der Waals surface area contributed by atoms with E-state index in [4.69, 9.17) is 27.9 Å². The molecule has 1 aliphatic carbocycles. The molecule has 0 aromatic heterocycles. The number of halogens is 2. The second kappa shape index (κ2) is 9.49. The van der Waals surface area contributed by atoms with Gasteiger partial charge in [0.15, 0.2) is 0 Å². The monoisotopic (exact) mass is 460 g/mol. The van der Waals surface area contributed by atoms with Gasteiger partial charge in [-0.05, 0) is 67.6 Å². The standard InChI is InChI=1S/C24H26Cl2N2O3/c1-2-31-24(30)13-23(29)27-14-21(16-3-4-16)28(20-11-9-19(26)10-12-20)22(15-27)17-5-7-18(25)8-6-17/h5-12,16,21-22H,2-4,13-15H2,1H3/t21-,22+/m1/s1. The van der Waals surface area contributed by atoms with E-state index in [1.165, 1.54) is 0 Å². The first-order valence-electron chi connectivity index (χ1n) is 10.7. The zero-order valence-electron chi connectivity index (χ0n) is 17.5. The summed E-state index contributed by atoms with van der Waals surface area (Å²) < 4.78 is 4.99. The molecule has 2 aromatic carbocycles. The highest BCUT2D eigenvalue weighted by Gasteiger charge is 2.44. The number of piperazine rings is 1. The van der Waals surface area contributed by atoms with Crippen molar-refractivity contribution in [2.45, 2.75) is 38.3 Å². The van der Waals surface area contributed by atoms with Crippen molar-refractivity contribution in [1.29, 1.82) is 0 Å². The van der Waals surface area contributed by atoms with Gasteiger partial charge in [0, 0.05) is 28.8 Å². The number of rotatable bonds is 6. The van der Waals surface area contributed by atoms with Gasteiger partial charge >= 0.3 is 5.97 Å². The number of nitrogens with zero attached hydrogens (tertiary/aromatic N) is 2. The minimum atomic E-state index is -0.473. The average Bonchev–Trinajstić information content (AvgIpc) is 3.59. The van der Waals surface area contributed by atoms with Crippen LogP contribution in [0.2, 0.25) is 10.0 Å². The lowest BCUT2D eigenvalue weighted by atomic mass is 9.95. The maximum absolute atomic E-state index is 13.0. The van der Waals surface area contributed by atoms with Crippen molar-refractivity contribution in [1.82, 2.24) is 4.90 Å². The molecule has 1 aliphatic heterocycles. The molecule has 0 radical (unpaired) electrons. The van der Waals surface area contributed by atoms with Crippen LogP contribution >= 0.6 is 23.2 Å². The van der Waals surface area contributed by atoms with E-state index in [0.29, 0.717) is 29.1 Å². The van der Waals surface area contributed by atoms with Crippen LogP contribution in [0.4, 0.5) is 5.69 Å². The van der Waals surface area contributed by atoms with Crippen molar-refractivity contribution in [3.8, 4) is 0 Å². The predicted octanol–water partition coefficient (Wildman–Crippen LogP) is 5.12. The van der Waals surface area contributed by atoms with Crippen LogP contribution in [0.1, 0.15) is 37.8 Å². The normalized spacial score (nSPS) is 21.1. The third kappa shape index (κ3) is 5.16. The highest BCUT2D eigenvalue weighted by molar-refractivity contribution is 6.30. The third-order valence-electron chi connectivity index (χ3n) is 5.99.